The molecule has 1 fully saturated rings. The molecule has 1 N–H and O–H groups in total. The van der Waals surface area contributed by atoms with Crippen LogP contribution < -0.4 is 19.5 Å². The van der Waals surface area contributed by atoms with E-state index in [1.807, 2.05) is 0 Å². The molecule has 1 aliphatic rings. The first-order valence-electron chi connectivity index (χ1n) is 10.7. The summed E-state index contributed by atoms with van der Waals surface area (Å²) < 4.78 is 17.2. The van der Waals surface area contributed by atoms with E-state index in [0.717, 1.165) is 17.3 Å². The average Bonchev–Trinajstić information content (AvgIpc) is 2.82. The Bertz CT molecular complexity index is 1040. The fourth-order valence-corrected chi connectivity index (χ4v) is 4.15. The average molecular weight is 517 g/mol. The molecular formula is C25H29BrN2O5. The van der Waals surface area contributed by atoms with E-state index in [9.17, 15) is 9.59 Å². The Kier molecular flexibility index (Phi) is 8.38. The van der Waals surface area contributed by atoms with E-state index in [1.165, 1.54) is 21.3 Å². The summed E-state index contributed by atoms with van der Waals surface area (Å²) in [7, 11) is 4.57. The van der Waals surface area contributed by atoms with Gasteiger partial charge in [-0.25, -0.2) is 0 Å². The molecule has 0 saturated carbocycles. The smallest absolute Gasteiger partial charge is 0.270 e. The van der Waals surface area contributed by atoms with Crippen molar-refractivity contribution in [3.8, 4) is 17.2 Å². The SMILES string of the molecule is COc1ccc(C=C(NC(=O)c2ccc(Br)cc2)C(=O)N2CCCC(C)C2)c(OC)c1OC. The summed E-state index contributed by atoms with van der Waals surface area (Å²) in [6, 6.07) is 10.4. The first-order chi connectivity index (χ1) is 15.9. The fraction of sp³-hybridized carbons (Fsp3) is 0.360. The third-order valence-corrected chi connectivity index (χ3v) is 6.09. The van der Waals surface area contributed by atoms with Crippen molar-refractivity contribution >= 4 is 33.8 Å². The van der Waals surface area contributed by atoms with E-state index < -0.39 is 0 Å². The Morgan fingerprint density at radius 1 is 1.03 bits per heavy atom. The second-order valence-electron chi connectivity index (χ2n) is 7.94. The maximum atomic E-state index is 13.5. The van der Waals surface area contributed by atoms with E-state index in [-0.39, 0.29) is 17.5 Å². The van der Waals surface area contributed by atoms with Crippen molar-refractivity contribution in [2.75, 3.05) is 34.4 Å². The molecule has 2 aromatic carbocycles. The molecule has 176 valence electrons. The number of hydrogen-bond donors (Lipinski definition) is 1. The van der Waals surface area contributed by atoms with Gasteiger partial charge >= 0.3 is 0 Å². The van der Waals surface area contributed by atoms with Gasteiger partial charge in [-0.1, -0.05) is 22.9 Å². The molecule has 1 saturated heterocycles. The molecule has 1 atom stereocenters. The van der Waals surface area contributed by atoms with E-state index in [0.29, 0.717) is 47.4 Å². The number of halogens is 1. The minimum atomic E-state index is -0.369. The minimum absolute atomic E-state index is 0.169. The number of ether oxygens (including phenoxy) is 3. The zero-order valence-electron chi connectivity index (χ0n) is 19.3. The number of amides is 2. The number of hydrogen-bond acceptors (Lipinski definition) is 5. The standard InChI is InChI=1S/C25H29BrN2O5/c1-16-6-5-13-28(15-16)25(30)20(27-24(29)17-7-10-19(26)11-8-17)14-18-9-12-21(31-2)23(33-4)22(18)32-3/h7-12,14,16H,5-6,13,15H2,1-4H3,(H,27,29). The Morgan fingerprint density at radius 2 is 1.73 bits per heavy atom. The molecule has 0 aliphatic carbocycles. The number of piperidine rings is 1. The van der Waals surface area contributed by atoms with Crippen molar-refractivity contribution < 1.29 is 23.8 Å². The molecule has 1 heterocycles. The highest BCUT2D eigenvalue weighted by Crippen LogP contribution is 2.40. The summed E-state index contributed by atoms with van der Waals surface area (Å²) in [6.45, 7) is 3.42. The second-order valence-corrected chi connectivity index (χ2v) is 8.86. The van der Waals surface area contributed by atoms with Gasteiger partial charge in [0.25, 0.3) is 11.8 Å². The summed E-state index contributed by atoms with van der Waals surface area (Å²) >= 11 is 3.37. The lowest BCUT2D eigenvalue weighted by Crippen LogP contribution is -2.43. The van der Waals surface area contributed by atoms with Crippen LogP contribution in [0.2, 0.25) is 0 Å². The normalized spacial score (nSPS) is 16.2. The molecule has 2 aromatic rings. The topological polar surface area (TPSA) is 77.1 Å². The fourth-order valence-electron chi connectivity index (χ4n) is 3.88. The second kappa shape index (κ2) is 11.2. The van der Waals surface area contributed by atoms with Crippen LogP contribution >= 0.6 is 15.9 Å². The van der Waals surface area contributed by atoms with E-state index in [1.54, 1.807) is 47.4 Å². The zero-order valence-corrected chi connectivity index (χ0v) is 20.9. The van der Waals surface area contributed by atoms with Gasteiger partial charge in [0.1, 0.15) is 5.70 Å². The first kappa shape index (κ1) is 24.6. The third-order valence-electron chi connectivity index (χ3n) is 5.56. The van der Waals surface area contributed by atoms with Crippen LogP contribution in [-0.2, 0) is 4.79 Å². The number of carbonyl (C=O) groups is 2. The third kappa shape index (κ3) is 5.87. The zero-order chi connectivity index (χ0) is 24.0. The van der Waals surface area contributed by atoms with Crippen LogP contribution in [0.15, 0.2) is 46.6 Å². The molecule has 1 aliphatic heterocycles. The lowest BCUT2D eigenvalue weighted by Gasteiger charge is -2.31. The molecule has 1 unspecified atom stereocenters. The molecule has 7 nitrogen and oxygen atoms in total. The maximum absolute atomic E-state index is 13.5. The van der Waals surface area contributed by atoms with Gasteiger partial charge in [0.05, 0.1) is 21.3 Å². The predicted molar refractivity (Wildman–Crippen MR) is 131 cm³/mol. The highest BCUT2D eigenvalue weighted by molar-refractivity contribution is 9.10. The molecular weight excluding hydrogens is 488 g/mol. The molecule has 0 spiro atoms. The van der Waals surface area contributed by atoms with Crippen molar-refractivity contribution in [2.24, 2.45) is 5.92 Å². The van der Waals surface area contributed by atoms with Crippen LogP contribution in [0, 0.1) is 5.92 Å². The summed E-state index contributed by atoms with van der Waals surface area (Å²) in [5.41, 5.74) is 1.20. The number of nitrogens with zero attached hydrogens (tertiary/aromatic N) is 1. The molecule has 0 bridgehead atoms. The number of likely N-dealkylation sites (tertiary alicyclic amines) is 1. The predicted octanol–water partition coefficient (Wildman–Crippen LogP) is 4.50. The summed E-state index contributed by atoms with van der Waals surface area (Å²) in [5.74, 6) is 1.12. The number of nitrogens with one attached hydrogen (secondary N) is 1. The number of carbonyl (C=O) groups excluding carboxylic acids is 2. The van der Waals surface area contributed by atoms with Crippen molar-refractivity contribution in [1.29, 1.82) is 0 Å². The van der Waals surface area contributed by atoms with E-state index >= 15 is 0 Å². The van der Waals surface area contributed by atoms with Gasteiger partial charge in [-0.2, -0.15) is 0 Å². The van der Waals surface area contributed by atoms with Crippen molar-refractivity contribution in [2.45, 2.75) is 19.8 Å². The summed E-state index contributed by atoms with van der Waals surface area (Å²) in [6.07, 6.45) is 3.64. The summed E-state index contributed by atoms with van der Waals surface area (Å²) in [5, 5.41) is 2.82. The molecule has 3 rings (SSSR count). The molecule has 0 aromatic heterocycles. The highest BCUT2D eigenvalue weighted by atomic mass is 79.9. The van der Waals surface area contributed by atoms with Crippen LogP contribution in [0.25, 0.3) is 6.08 Å². The van der Waals surface area contributed by atoms with Gasteiger partial charge in [0.15, 0.2) is 11.5 Å². The van der Waals surface area contributed by atoms with Gasteiger partial charge in [-0.05, 0) is 61.2 Å². The molecule has 33 heavy (non-hydrogen) atoms. The van der Waals surface area contributed by atoms with E-state index in [4.69, 9.17) is 14.2 Å². The molecule has 8 heteroatoms. The first-order valence-corrected chi connectivity index (χ1v) is 11.5. The van der Waals surface area contributed by atoms with E-state index in [2.05, 4.69) is 28.2 Å². The van der Waals surface area contributed by atoms with Crippen molar-refractivity contribution in [3.63, 3.8) is 0 Å². The Hall–Kier alpha value is -3.00. The van der Waals surface area contributed by atoms with Crippen molar-refractivity contribution in [1.82, 2.24) is 10.2 Å². The van der Waals surface area contributed by atoms with Crippen LogP contribution in [-0.4, -0.2) is 51.1 Å². The van der Waals surface area contributed by atoms with Crippen LogP contribution in [0.1, 0.15) is 35.7 Å². The van der Waals surface area contributed by atoms with Gasteiger partial charge in [0.2, 0.25) is 5.75 Å². The van der Waals surface area contributed by atoms with Gasteiger partial charge in [-0.3, -0.25) is 9.59 Å². The lowest BCUT2D eigenvalue weighted by molar-refractivity contribution is -0.129. The summed E-state index contributed by atoms with van der Waals surface area (Å²) in [4.78, 5) is 28.2. The maximum Gasteiger partial charge on any atom is 0.270 e. The van der Waals surface area contributed by atoms with Crippen molar-refractivity contribution in [3.05, 3.63) is 57.7 Å². The lowest BCUT2D eigenvalue weighted by atomic mass is 10.00. The number of benzene rings is 2. The largest absolute Gasteiger partial charge is 0.493 e. The number of methoxy groups -OCH3 is 3. The van der Waals surface area contributed by atoms with Gasteiger partial charge in [-0.15, -0.1) is 0 Å². The molecule has 2 amide bonds. The Balaban J connectivity index is 2.02. The Morgan fingerprint density at radius 3 is 2.33 bits per heavy atom. The molecule has 0 radical (unpaired) electrons. The van der Waals surface area contributed by atoms with Crippen LogP contribution in [0.3, 0.4) is 0 Å². The van der Waals surface area contributed by atoms with Gasteiger partial charge in [0, 0.05) is 28.7 Å². The minimum Gasteiger partial charge on any atom is -0.493 e. The monoisotopic (exact) mass is 516 g/mol. The number of rotatable bonds is 7. The van der Waals surface area contributed by atoms with Gasteiger partial charge < -0.3 is 24.4 Å². The quantitative estimate of drug-likeness (QED) is 0.548. The highest BCUT2D eigenvalue weighted by Gasteiger charge is 2.26. The van der Waals surface area contributed by atoms with Crippen LogP contribution in [0.5, 0.6) is 17.2 Å². The Labute approximate surface area is 202 Å². The van der Waals surface area contributed by atoms with Crippen LogP contribution in [0.4, 0.5) is 0 Å².